The maximum Gasteiger partial charge on any atom is 0.241 e. The molecule has 0 fully saturated rings. The molecule has 0 aliphatic rings. The van der Waals surface area contributed by atoms with Crippen LogP contribution in [0.3, 0.4) is 0 Å². The summed E-state index contributed by atoms with van der Waals surface area (Å²) in [6, 6.07) is 2.96. The molecule has 1 atom stereocenters. The maximum atomic E-state index is 12.9. The number of hydrogen-bond donors (Lipinski definition) is 2. The molecule has 0 unspecified atom stereocenters. The molecule has 0 heterocycles. The predicted molar refractivity (Wildman–Crippen MR) is 62.6 cm³/mol. The number of sulfonamides is 1. The first kappa shape index (κ1) is 14.1. The minimum absolute atomic E-state index is 0.0331. The molecule has 0 aliphatic heterocycles. The zero-order valence-electron chi connectivity index (χ0n) is 9.77. The summed E-state index contributed by atoms with van der Waals surface area (Å²) in [4.78, 5) is 0.0331. The van der Waals surface area contributed by atoms with Crippen molar-refractivity contribution in [3.8, 4) is 0 Å². The lowest BCUT2D eigenvalue weighted by Gasteiger charge is -2.15. The Morgan fingerprint density at radius 2 is 2.12 bits per heavy atom. The van der Waals surface area contributed by atoms with E-state index in [4.69, 9.17) is 5.11 Å². The predicted octanol–water partition coefficient (Wildman–Crippen LogP) is 1.18. The standard InChI is InChI=1S/C11H16FNO3S/c1-3-10(7-14)13-17(15,16)11-5-4-9(12)6-8(11)2/h4-6,10,13-14H,3,7H2,1-2H3/t10-/m0/s1. The van der Waals surface area contributed by atoms with Gasteiger partial charge in [0, 0.05) is 6.04 Å². The molecule has 6 heteroatoms. The van der Waals surface area contributed by atoms with Crippen molar-refractivity contribution < 1.29 is 17.9 Å². The molecular formula is C11H16FNO3S. The van der Waals surface area contributed by atoms with Gasteiger partial charge < -0.3 is 5.11 Å². The SMILES string of the molecule is CC[C@@H](CO)NS(=O)(=O)c1ccc(F)cc1C. The molecule has 17 heavy (non-hydrogen) atoms. The molecule has 0 amide bonds. The minimum Gasteiger partial charge on any atom is -0.395 e. The van der Waals surface area contributed by atoms with Crippen LogP contribution in [0.15, 0.2) is 23.1 Å². The van der Waals surface area contributed by atoms with Gasteiger partial charge in [-0.1, -0.05) is 6.92 Å². The monoisotopic (exact) mass is 261 g/mol. The normalized spacial score (nSPS) is 13.6. The van der Waals surface area contributed by atoms with Crippen LogP contribution in [0.5, 0.6) is 0 Å². The lowest BCUT2D eigenvalue weighted by Crippen LogP contribution is -2.37. The fraction of sp³-hybridized carbons (Fsp3) is 0.455. The van der Waals surface area contributed by atoms with Gasteiger partial charge in [-0.05, 0) is 37.1 Å². The third kappa shape index (κ3) is 3.49. The van der Waals surface area contributed by atoms with Crippen molar-refractivity contribution in [1.82, 2.24) is 4.72 Å². The first-order valence-electron chi connectivity index (χ1n) is 5.30. The molecule has 1 aromatic carbocycles. The average Bonchev–Trinajstić information content (AvgIpc) is 2.25. The van der Waals surface area contributed by atoms with Crippen LogP contribution < -0.4 is 4.72 Å². The van der Waals surface area contributed by atoms with E-state index in [1.807, 2.05) is 0 Å². The Labute approximate surface area is 101 Å². The Balaban J connectivity index is 3.05. The highest BCUT2D eigenvalue weighted by Crippen LogP contribution is 2.16. The van der Waals surface area contributed by atoms with Crippen LogP contribution >= 0.6 is 0 Å². The number of halogens is 1. The van der Waals surface area contributed by atoms with E-state index in [1.165, 1.54) is 13.0 Å². The Bertz CT molecular complexity index is 483. The summed E-state index contributed by atoms with van der Waals surface area (Å²) in [7, 11) is -3.71. The summed E-state index contributed by atoms with van der Waals surface area (Å²) < 4.78 is 39.1. The summed E-state index contributed by atoms with van der Waals surface area (Å²) in [5, 5.41) is 8.96. The number of nitrogens with one attached hydrogen (secondary N) is 1. The molecule has 96 valence electrons. The van der Waals surface area contributed by atoms with Crippen molar-refractivity contribution in [2.45, 2.75) is 31.2 Å². The highest BCUT2D eigenvalue weighted by atomic mass is 32.2. The zero-order valence-corrected chi connectivity index (χ0v) is 10.6. The van der Waals surface area contributed by atoms with Gasteiger partial charge in [-0.3, -0.25) is 0 Å². The lowest BCUT2D eigenvalue weighted by atomic mass is 10.2. The number of aryl methyl sites for hydroxylation is 1. The molecule has 0 aliphatic carbocycles. The van der Waals surface area contributed by atoms with Crippen LogP contribution in [-0.4, -0.2) is 26.2 Å². The summed E-state index contributed by atoms with van der Waals surface area (Å²) in [5.74, 6) is -0.476. The molecule has 0 bridgehead atoms. The van der Waals surface area contributed by atoms with Crippen molar-refractivity contribution in [3.05, 3.63) is 29.6 Å². The summed E-state index contributed by atoms with van der Waals surface area (Å²) >= 11 is 0. The molecular weight excluding hydrogens is 245 g/mol. The van der Waals surface area contributed by atoms with Crippen LogP contribution in [0.2, 0.25) is 0 Å². The smallest absolute Gasteiger partial charge is 0.241 e. The molecule has 0 saturated carbocycles. The van der Waals surface area contributed by atoms with Crippen LogP contribution in [0.25, 0.3) is 0 Å². The first-order chi connectivity index (χ1) is 7.90. The van der Waals surface area contributed by atoms with Crippen molar-refractivity contribution in [2.24, 2.45) is 0 Å². The van der Waals surface area contributed by atoms with E-state index in [1.54, 1.807) is 6.92 Å². The van der Waals surface area contributed by atoms with E-state index in [-0.39, 0.29) is 11.5 Å². The molecule has 1 aromatic rings. The minimum atomic E-state index is -3.71. The third-order valence-corrected chi connectivity index (χ3v) is 4.14. The summed E-state index contributed by atoms with van der Waals surface area (Å²) in [5.41, 5.74) is 0.338. The van der Waals surface area contributed by atoms with Gasteiger partial charge in [0.1, 0.15) is 5.82 Å². The van der Waals surface area contributed by atoms with Crippen molar-refractivity contribution in [1.29, 1.82) is 0 Å². The van der Waals surface area contributed by atoms with Gasteiger partial charge in [0.05, 0.1) is 11.5 Å². The van der Waals surface area contributed by atoms with Gasteiger partial charge in [-0.2, -0.15) is 0 Å². The Morgan fingerprint density at radius 3 is 2.59 bits per heavy atom. The Hall–Kier alpha value is -0.980. The highest BCUT2D eigenvalue weighted by molar-refractivity contribution is 7.89. The first-order valence-corrected chi connectivity index (χ1v) is 6.78. The van der Waals surface area contributed by atoms with Gasteiger partial charge in [0.25, 0.3) is 0 Å². The molecule has 1 rings (SSSR count). The number of aliphatic hydroxyl groups is 1. The van der Waals surface area contributed by atoms with E-state index in [2.05, 4.69) is 4.72 Å². The molecule has 0 aromatic heterocycles. The largest absolute Gasteiger partial charge is 0.395 e. The average molecular weight is 261 g/mol. The highest BCUT2D eigenvalue weighted by Gasteiger charge is 2.20. The maximum absolute atomic E-state index is 12.9. The third-order valence-electron chi connectivity index (χ3n) is 2.46. The van der Waals surface area contributed by atoms with Gasteiger partial charge in [-0.15, -0.1) is 0 Å². The molecule has 4 nitrogen and oxygen atoms in total. The van der Waals surface area contributed by atoms with Gasteiger partial charge in [-0.25, -0.2) is 17.5 Å². The molecule has 0 spiro atoms. The van der Waals surface area contributed by atoms with Crippen LogP contribution in [0.1, 0.15) is 18.9 Å². The van der Waals surface area contributed by atoms with Gasteiger partial charge in [0.15, 0.2) is 0 Å². The van der Waals surface area contributed by atoms with Crippen LogP contribution in [-0.2, 0) is 10.0 Å². The topological polar surface area (TPSA) is 66.4 Å². The number of benzene rings is 1. The van der Waals surface area contributed by atoms with E-state index >= 15 is 0 Å². The quantitative estimate of drug-likeness (QED) is 0.836. The fourth-order valence-corrected chi connectivity index (χ4v) is 2.98. The molecule has 0 saturated heterocycles. The van der Waals surface area contributed by atoms with Crippen LogP contribution in [0.4, 0.5) is 4.39 Å². The van der Waals surface area contributed by atoms with E-state index in [0.717, 1.165) is 12.1 Å². The van der Waals surface area contributed by atoms with Crippen molar-refractivity contribution >= 4 is 10.0 Å². The molecule has 0 radical (unpaired) electrons. The molecule has 2 N–H and O–H groups in total. The van der Waals surface area contributed by atoms with Crippen molar-refractivity contribution in [2.75, 3.05) is 6.61 Å². The Kier molecular flexibility index (Phi) is 4.62. The second-order valence-electron chi connectivity index (χ2n) is 3.82. The van der Waals surface area contributed by atoms with E-state index in [9.17, 15) is 12.8 Å². The van der Waals surface area contributed by atoms with Gasteiger partial charge >= 0.3 is 0 Å². The summed E-state index contributed by atoms with van der Waals surface area (Å²) in [6.45, 7) is 3.02. The summed E-state index contributed by atoms with van der Waals surface area (Å²) in [6.07, 6.45) is 0.482. The zero-order chi connectivity index (χ0) is 13.1. The fourth-order valence-electron chi connectivity index (χ4n) is 1.45. The van der Waals surface area contributed by atoms with Crippen LogP contribution in [0, 0.1) is 12.7 Å². The van der Waals surface area contributed by atoms with E-state index < -0.39 is 21.9 Å². The lowest BCUT2D eigenvalue weighted by molar-refractivity contribution is 0.254. The van der Waals surface area contributed by atoms with E-state index in [0.29, 0.717) is 12.0 Å². The second-order valence-corrected chi connectivity index (χ2v) is 5.50. The Morgan fingerprint density at radius 1 is 1.47 bits per heavy atom. The number of rotatable bonds is 5. The van der Waals surface area contributed by atoms with Gasteiger partial charge in [0.2, 0.25) is 10.0 Å². The number of hydrogen-bond acceptors (Lipinski definition) is 3. The second kappa shape index (κ2) is 5.57. The number of aliphatic hydroxyl groups excluding tert-OH is 1. The van der Waals surface area contributed by atoms with Crippen molar-refractivity contribution in [3.63, 3.8) is 0 Å².